The van der Waals surface area contributed by atoms with E-state index in [1.807, 2.05) is 24.3 Å². The third-order valence-corrected chi connectivity index (χ3v) is 6.28. The van der Waals surface area contributed by atoms with Crippen molar-refractivity contribution in [1.29, 1.82) is 0 Å². The zero-order chi connectivity index (χ0) is 23.8. The standard InChI is InChI=1S/C25H18ClN3O4S/c26-16-9-8-14(24(31)32)13-15(16)20-10-11-21(33-20)23-22(17-5-3-4-12-27-17)28-25(34)29(23)18-6-1-2-7-19(18)30/h1-13,22-23,30H,(H,28,34)(H,31,32)/t22-,23-/m1/s1. The van der Waals surface area contributed by atoms with Gasteiger partial charge in [-0.1, -0.05) is 29.8 Å². The van der Waals surface area contributed by atoms with Gasteiger partial charge in [0.2, 0.25) is 0 Å². The van der Waals surface area contributed by atoms with Crippen LogP contribution in [0.4, 0.5) is 5.69 Å². The zero-order valence-electron chi connectivity index (χ0n) is 17.6. The maximum atomic E-state index is 11.4. The monoisotopic (exact) mass is 491 g/mol. The van der Waals surface area contributed by atoms with Crippen LogP contribution in [0, 0.1) is 0 Å². The molecule has 1 fully saturated rings. The number of carbonyl (C=O) groups is 1. The zero-order valence-corrected chi connectivity index (χ0v) is 19.1. The maximum Gasteiger partial charge on any atom is 0.335 e. The van der Waals surface area contributed by atoms with Gasteiger partial charge in [0.05, 0.1) is 28.0 Å². The van der Waals surface area contributed by atoms with Crippen molar-refractivity contribution in [3.8, 4) is 17.1 Å². The highest BCUT2D eigenvalue weighted by Gasteiger charge is 2.43. The normalized spacial score (nSPS) is 17.6. The topological polar surface area (TPSA) is 98.8 Å². The van der Waals surface area contributed by atoms with E-state index in [-0.39, 0.29) is 17.4 Å². The number of para-hydroxylation sites is 2. The van der Waals surface area contributed by atoms with Gasteiger partial charge in [-0.05, 0) is 66.8 Å². The quantitative estimate of drug-likeness (QED) is 0.311. The van der Waals surface area contributed by atoms with Crippen molar-refractivity contribution in [1.82, 2.24) is 10.3 Å². The second kappa shape index (κ2) is 8.81. The smallest absolute Gasteiger partial charge is 0.335 e. The summed E-state index contributed by atoms with van der Waals surface area (Å²) in [4.78, 5) is 17.7. The molecule has 0 amide bonds. The van der Waals surface area contributed by atoms with Crippen LogP contribution < -0.4 is 10.2 Å². The summed E-state index contributed by atoms with van der Waals surface area (Å²) >= 11 is 12.0. The Hall–Kier alpha value is -3.88. The van der Waals surface area contributed by atoms with E-state index >= 15 is 0 Å². The van der Waals surface area contributed by atoms with Crippen LogP contribution >= 0.6 is 23.8 Å². The fourth-order valence-electron chi connectivity index (χ4n) is 4.07. The van der Waals surface area contributed by atoms with Gasteiger partial charge in [0.25, 0.3) is 0 Å². The third kappa shape index (κ3) is 3.87. The minimum Gasteiger partial charge on any atom is -0.506 e. The fraction of sp³-hybridized carbons (Fsp3) is 0.0800. The van der Waals surface area contributed by atoms with Gasteiger partial charge < -0.3 is 24.8 Å². The number of aromatic hydroxyl groups is 1. The van der Waals surface area contributed by atoms with E-state index in [1.165, 1.54) is 18.2 Å². The second-order valence-electron chi connectivity index (χ2n) is 7.69. The minimum atomic E-state index is -1.06. The van der Waals surface area contributed by atoms with Crippen molar-refractivity contribution in [2.24, 2.45) is 0 Å². The number of hydrogen-bond donors (Lipinski definition) is 3. The van der Waals surface area contributed by atoms with Crippen molar-refractivity contribution in [2.75, 3.05) is 4.90 Å². The molecule has 2 atom stereocenters. The molecule has 3 heterocycles. The van der Waals surface area contributed by atoms with Crippen LogP contribution in [0.15, 0.2) is 83.4 Å². The molecule has 0 unspecified atom stereocenters. The summed E-state index contributed by atoms with van der Waals surface area (Å²) in [5.41, 5.74) is 1.83. The van der Waals surface area contributed by atoms with Crippen LogP contribution in [-0.2, 0) is 0 Å². The van der Waals surface area contributed by atoms with Gasteiger partial charge in [0.15, 0.2) is 5.11 Å². The van der Waals surface area contributed by atoms with E-state index in [1.54, 1.807) is 41.4 Å². The Bertz CT molecular complexity index is 1390. The molecule has 170 valence electrons. The van der Waals surface area contributed by atoms with Crippen molar-refractivity contribution >= 4 is 40.6 Å². The molecule has 0 aliphatic carbocycles. The van der Waals surface area contributed by atoms with Gasteiger partial charge in [-0.25, -0.2) is 4.79 Å². The van der Waals surface area contributed by atoms with Crippen molar-refractivity contribution in [3.63, 3.8) is 0 Å². The van der Waals surface area contributed by atoms with Crippen molar-refractivity contribution in [2.45, 2.75) is 12.1 Å². The number of nitrogens with one attached hydrogen (secondary N) is 1. The lowest BCUT2D eigenvalue weighted by molar-refractivity contribution is 0.0697. The Morgan fingerprint density at radius 1 is 1.09 bits per heavy atom. The number of hydrogen-bond acceptors (Lipinski definition) is 5. The number of aromatic carboxylic acids is 1. The van der Waals surface area contributed by atoms with Crippen LogP contribution in [0.2, 0.25) is 5.02 Å². The van der Waals surface area contributed by atoms with Crippen LogP contribution in [-0.4, -0.2) is 26.3 Å². The highest BCUT2D eigenvalue weighted by atomic mass is 35.5. The van der Waals surface area contributed by atoms with Gasteiger partial charge >= 0.3 is 5.97 Å². The largest absolute Gasteiger partial charge is 0.506 e. The summed E-state index contributed by atoms with van der Waals surface area (Å²) in [6.45, 7) is 0. The molecule has 5 rings (SSSR count). The second-order valence-corrected chi connectivity index (χ2v) is 8.48. The molecule has 9 heteroatoms. The molecule has 1 aliphatic rings. The number of furan rings is 1. The maximum absolute atomic E-state index is 11.4. The number of phenols is 1. The highest BCUT2D eigenvalue weighted by molar-refractivity contribution is 7.80. The molecule has 0 bridgehead atoms. The number of halogens is 1. The Kier molecular flexibility index (Phi) is 5.69. The number of anilines is 1. The Balaban J connectivity index is 1.62. The van der Waals surface area contributed by atoms with Gasteiger partial charge in [-0.2, -0.15) is 0 Å². The molecule has 0 spiro atoms. The first-order chi connectivity index (χ1) is 16.4. The first kappa shape index (κ1) is 21.9. The Morgan fingerprint density at radius 3 is 2.62 bits per heavy atom. The van der Waals surface area contributed by atoms with Gasteiger partial charge in [-0.3, -0.25) is 4.98 Å². The highest BCUT2D eigenvalue weighted by Crippen LogP contribution is 2.45. The lowest BCUT2D eigenvalue weighted by Gasteiger charge is -2.26. The van der Waals surface area contributed by atoms with E-state index in [4.69, 9.17) is 28.2 Å². The average Bonchev–Trinajstić information content (AvgIpc) is 3.45. The minimum absolute atomic E-state index is 0.0716. The first-order valence-electron chi connectivity index (χ1n) is 10.4. The van der Waals surface area contributed by atoms with Gasteiger partial charge in [-0.15, -0.1) is 0 Å². The number of carboxylic acid groups (broad SMARTS) is 1. The summed E-state index contributed by atoms with van der Waals surface area (Å²) in [6.07, 6.45) is 1.70. The number of aromatic nitrogens is 1. The average molecular weight is 492 g/mol. The van der Waals surface area contributed by atoms with Crippen LogP contribution in [0.1, 0.15) is 33.9 Å². The van der Waals surface area contributed by atoms with Gasteiger partial charge in [0.1, 0.15) is 23.3 Å². The summed E-state index contributed by atoms with van der Waals surface area (Å²) < 4.78 is 6.23. The number of thiocarbonyl (C=S) groups is 1. The molecule has 0 radical (unpaired) electrons. The Labute approximate surface area is 205 Å². The predicted octanol–water partition coefficient (Wildman–Crippen LogP) is 5.58. The molecular weight excluding hydrogens is 474 g/mol. The summed E-state index contributed by atoms with van der Waals surface area (Å²) in [6, 6.07) is 19.6. The molecule has 2 aromatic heterocycles. The van der Waals surface area contributed by atoms with E-state index in [0.29, 0.717) is 32.9 Å². The predicted molar refractivity (Wildman–Crippen MR) is 132 cm³/mol. The van der Waals surface area contributed by atoms with Crippen LogP contribution in [0.25, 0.3) is 11.3 Å². The molecule has 1 saturated heterocycles. The number of benzene rings is 2. The van der Waals surface area contributed by atoms with Crippen LogP contribution in [0.5, 0.6) is 5.75 Å². The molecule has 0 saturated carbocycles. The number of carboxylic acids is 1. The molecule has 4 aromatic rings. The Morgan fingerprint density at radius 2 is 1.88 bits per heavy atom. The third-order valence-electron chi connectivity index (χ3n) is 5.64. The molecule has 34 heavy (non-hydrogen) atoms. The number of pyridine rings is 1. The van der Waals surface area contributed by atoms with Crippen molar-refractivity contribution < 1.29 is 19.4 Å². The first-order valence-corrected chi connectivity index (χ1v) is 11.1. The van der Waals surface area contributed by atoms with E-state index in [2.05, 4.69) is 10.3 Å². The van der Waals surface area contributed by atoms with E-state index in [9.17, 15) is 15.0 Å². The summed E-state index contributed by atoms with van der Waals surface area (Å²) in [7, 11) is 0. The number of rotatable bonds is 5. The van der Waals surface area contributed by atoms with E-state index < -0.39 is 12.0 Å². The molecule has 2 aromatic carbocycles. The van der Waals surface area contributed by atoms with E-state index in [0.717, 1.165) is 5.69 Å². The molecule has 7 nitrogen and oxygen atoms in total. The number of phenolic OH excluding ortho intramolecular Hbond substituents is 1. The molecule has 1 aliphatic heterocycles. The molecular formula is C25H18ClN3O4S. The van der Waals surface area contributed by atoms with Crippen molar-refractivity contribution in [3.05, 3.63) is 101 Å². The summed E-state index contributed by atoms with van der Waals surface area (Å²) in [5.74, 6) is -0.0331. The number of nitrogens with zero attached hydrogens (tertiary/aromatic N) is 2. The fourth-order valence-corrected chi connectivity index (χ4v) is 4.62. The lowest BCUT2D eigenvalue weighted by atomic mass is 10.0. The molecule has 3 N–H and O–H groups in total. The SMILES string of the molecule is O=C(O)c1ccc(Cl)c(-c2ccc([C@@H]3[C@@H](c4ccccn4)NC(=S)N3c3ccccc3O)o2)c1. The van der Waals surface area contributed by atoms with Gasteiger partial charge in [0, 0.05) is 11.8 Å². The lowest BCUT2D eigenvalue weighted by Crippen LogP contribution is -2.29. The summed E-state index contributed by atoms with van der Waals surface area (Å²) in [5, 5.41) is 24.0. The van der Waals surface area contributed by atoms with Crippen LogP contribution in [0.3, 0.4) is 0 Å².